The molecule has 3 aromatic rings. The first-order chi connectivity index (χ1) is 11.7. The van der Waals surface area contributed by atoms with Crippen molar-refractivity contribution in [2.45, 2.75) is 13.0 Å². The lowest BCUT2D eigenvalue weighted by Crippen LogP contribution is -2.38. The van der Waals surface area contributed by atoms with E-state index in [0.717, 1.165) is 28.7 Å². The van der Waals surface area contributed by atoms with Gasteiger partial charge in [-0.1, -0.05) is 0 Å². The van der Waals surface area contributed by atoms with Gasteiger partial charge >= 0.3 is 0 Å². The Balaban J connectivity index is 1.54. The number of aliphatic imine (C=N–C) groups is 1. The molecule has 0 atom stereocenters. The van der Waals surface area contributed by atoms with Crippen LogP contribution in [0.4, 0.5) is 4.39 Å². The third-order valence-electron chi connectivity index (χ3n) is 3.86. The maximum atomic E-state index is 13.4. The molecule has 3 rings (SSSR count). The molecule has 0 fully saturated rings. The van der Waals surface area contributed by atoms with E-state index in [2.05, 4.69) is 30.8 Å². The van der Waals surface area contributed by atoms with Crippen molar-refractivity contribution in [1.29, 1.82) is 0 Å². The van der Waals surface area contributed by atoms with Gasteiger partial charge in [-0.2, -0.15) is 0 Å². The summed E-state index contributed by atoms with van der Waals surface area (Å²) in [6, 6.07) is 4.77. The number of rotatable bonds is 5. The van der Waals surface area contributed by atoms with Crippen molar-refractivity contribution in [2.75, 3.05) is 13.6 Å². The van der Waals surface area contributed by atoms with E-state index in [4.69, 9.17) is 0 Å². The quantitative estimate of drug-likeness (QED) is 0.487. The molecule has 1 aromatic carbocycles. The zero-order valence-electron chi connectivity index (χ0n) is 13.7. The molecule has 0 saturated carbocycles. The van der Waals surface area contributed by atoms with Crippen LogP contribution in [0, 0.1) is 5.82 Å². The van der Waals surface area contributed by atoms with Gasteiger partial charge in [0.15, 0.2) is 11.8 Å². The first-order valence-corrected chi connectivity index (χ1v) is 7.70. The van der Waals surface area contributed by atoms with Gasteiger partial charge in [-0.3, -0.25) is 4.99 Å². The van der Waals surface area contributed by atoms with Crippen molar-refractivity contribution in [3.63, 3.8) is 0 Å². The van der Waals surface area contributed by atoms with Crippen molar-refractivity contribution in [3.05, 3.63) is 47.9 Å². The van der Waals surface area contributed by atoms with E-state index in [1.807, 2.05) is 17.8 Å². The van der Waals surface area contributed by atoms with Gasteiger partial charge in [0, 0.05) is 37.7 Å². The van der Waals surface area contributed by atoms with Gasteiger partial charge in [0.1, 0.15) is 12.1 Å². The van der Waals surface area contributed by atoms with Gasteiger partial charge in [0.05, 0.1) is 6.54 Å². The third-order valence-corrected chi connectivity index (χ3v) is 3.86. The van der Waals surface area contributed by atoms with Crippen molar-refractivity contribution >= 4 is 16.9 Å². The summed E-state index contributed by atoms with van der Waals surface area (Å²) >= 11 is 0. The highest BCUT2D eigenvalue weighted by molar-refractivity contribution is 5.83. The molecule has 3 N–H and O–H groups in total. The minimum Gasteiger partial charge on any atom is -0.361 e. The zero-order chi connectivity index (χ0) is 16.9. The average Bonchev–Trinajstić information content (AvgIpc) is 3.17. The van der Waals surface area contributed by atoms with E-state index in [1.165, 1.54) is 6.07 Å². The number of guanidine groups is 1. The molecule has 126 valence electrons. The number of hydrogen-bond acceptors (Lipinski definition) is 3. The van der Waals surface area contributed by atoms with Crippen molar-refractivity contribution < 1.29 is 4.39 Å². The molecule has 0 radical (unpaired) electrons. The topological polar surface area (TPSA) is 82.9 Å². The standard InChI is InChI=1S/C16H20FN7/c1-18-16(21-9-15-23-22-10-24(15)2)19-6-5-11-8-20-14-4-3-12(17)7-13(11)14/h3-4,7-8,10,20H,5-6,9H2,1-2H3,(H2,18,19,21). The van der Waals surface area contributed by atoms with Crippen LogP contribution in [0.3, 0.4) is 0 Å². The van der Waals surface area contributed by atoms with Crippen LogP contribution in [0.25, 0.3) is 10.9 Å². The van der Waals surface area contributed by atoms with E-state index in [-0.39, 0.29) is 5.82 Å². The molecule has 0 unspecified atom stereocenters. The third kappa shape index (κ3) is 3.53. The molecule has 7 nitrogen and oxygen atoms in total. The molecule has 0 saturated heterocycles. The first kappa shape index (κ1) is 16.0. The van der Waals surface area contributed by atoms with E-state index < -0.39 is 0 Å². The van der Waals surface area contributed by atoms with E-state index in [0.29, 0.717) is 19.0 Å². The van der Waals surface area contributed by atoms with Crippen LogP contribution in [0.1, 0.15) is 11.4 Å². The van der Waals surface area contributed by atoms with Crippen LogP contribution < -0.4 is 10.6 Å². The maximum Gasteiger partial charge on any atom is 0.191 e. The molecule has 0 bridgehead atoms. The number of nitrogens with zero attached hydrogens (tertiary/aromatic N) is 4. The number of H-pyrrole nitrogens is 1. The number of hydrogen-bond donors (Lipinski definition) is 3. The van der Waals surface area contributed by atoms with Crippen molar-refractivity contribution in [3.8, 4) is 0 Å². The highest BCUT2D eigenvalue weighted by Crippen LogP contribution is 2.19. The lowest BCUT2D eigenvalue weighted by Gasteiger charge is -2.11. The van der Waals surface area contributed by atoms with Gasteiger partial charge in [0.2, 0.25) is 0 Å². The van der Waals surface area contributed by atoms with Crippen LogP contribution in [0.5, 0.6) is 0 Å². The summed E-state index contributed by atoms with van der Waals surface area (Å²) in [5.74, 6) is 1.28. The highest BCUT2D eigenvalue weighted by Gasteiger charge is 2.06. The van der Waals surface area contributed by atoms with Crippen LogP contribution in [0.2, 0.25) is 0 Å². The van der Waals surface area contributed by atoms with Crippen LogP contribution in [0.15, 0.2) is 35.7 Å². The monoisotopic (exact) mass is 329 g/mol. The number of aryl methyl sites for hydroxylation is 1. The molecule has 0 amide bonds. The molecule has 0 spiro atoms. The Hall–Kier alpha value is -2.90. The van der Waals surface area contributed by atoms with E-state index in [1.54, 1.807) is 25.5 Å². The van der Waals surface area contributed by atoms with Crippen LogP contribution >= 0.6 is 0 Å². The predicted octanol–water partition coefficient (Wildman–Crippen LogP) is 1.34. The Bertz CT molecular complexity index is 849. The minimum atomic E-state index is -0.225. The fraction of sp³-hybridized carbons (Fsp3) is 0.312. The Morgan fingerprint density at radius 2 is 2.25 bits per heavy atom. The second kappa shape index (κ2) is 7.12. The number of fused-ring (bicyclic) bond motifs is 1. The zero-order valence-corrected chi connectivity index (χ0v) is 13.7. The minimum absolute atomic E-state index is 0.225. The summed E-state index contributed by atoms with van der Waals surface area (Å²) in [6.07, 6.45) is 4.33. The van der Waals surface area contributed by atoms with Crippen LogP contribution in [-0.4, -0.2) is 39.3 Å². The summed E-state index contributed by atoms with van der Waals surface area (Å²) in [4.78, 5) is 7.34. The number of nitrogens with one attached hydrogen (secondary N) is 3. The molecule has 2 heterocycles. The largest absolute Gasteiger partial charge is 0.361 e. The number of halogens is 1. The van der Waals surface area contributed by atoms with E-state index >= 15 is 0 Å². The Kier molecular flexibility index (Phi) is 4.74. The smallest absolute Gasteiger partial charge is 0.191 e. The normalized spacial score (nSPS) is 11.9. The predicted molar refractivity (Wildman–Crippen MR) is 91.2 cm³/mol. The van der Waals surface area contributed by atoms with Gasteiger partial charge in [0.25, 0.3) is 0 Å². The maximum absolute atomic E-state index is 13.4. The fourth-order valence-electron chi connectivity index (χ4n) is 2.52. The summed E-state index contributed by atoms with van der Waals surface area (Å²) < 4.78 is 15.2. The molecule has 2 aromatic heterocycles. The summed E-state index contributed by atoms with van der Waals surface area (Å²) in [5, 5.41) is 15.2. The number of aromatic nitrogens is 4. The van der Waals surface area contributed by atoms with Gasteiger partial charge in [-0.05, 0) is 30.2 Å². The molecular weight excluding hydrogens is 309 g/mol. The molecule has 0 aliphatic rings. The summed E-state index contributed by atoms with van der Waals surface area (Å²) in [7, 11) is 3.61. The Labute approximate surface area is 139 Å². The Morgan fingerprint density at radius 1 is 1.38 bits per heavy atom. The number of benzene rings is 1. The molecule has 0 aliphatic heterocycles. The van der Waals surface area contributed by atoms with Crippen molar-refractivity contribution in [1.82, 2.24) is 30.4 Å². The van der Waals surface area contributed by atoms with Gasteiger partial charge in [-0.25, -0.2) is 4.39 Å². The average molecular weight is 329 g/mol. The van der Waals surface area contributed by atoms with Gasteiger partial charge in [-0.15, -0.1) is 10.2 Å². The number of aromatic amines is 1. The lowest BCUT2D eigenvalue weighted by molar-refractivity contribution is 0.629. The molecule has 8 heteroatoms. The molecule has 24 heavy (non-hydrogen) atoms. The molecular formula is C16H20FN7. The first-order valence-electron chi connectivity index (χ1n) is 7.70. The molecule has 0 aliphatic carbocycles. The second-order valence-corrected chi connectivity index (χ2v) is 5.46. The Morgan fingerprint density at radius 3 is 3.00 bits per heavy atom. The summed E-state index contributed by atoms with van der Waals surface area (Å²) in [5.41, 5.74) is 2.01. The lowest BCUT2D eigenvalue weighted by atomic mass is 10.1. The highest BCUT2D eigenvalue weighted by atomic mass is 19.1. The van der Waals surface area contributed by atoms with Gasteiger partial charge < -0.3 is 20.2 Å². The van der Waals surface area contributed by atoms with Crippen molar-refractivity contribution in [2.24, 2.45) is 12.0 Å². The summed E-state index contributed by atoms with van der Waals surface area (Å²) in [6.45, 7) is 1.22. The van der Waals surface area contributed by atoms with Crippen LogP contribution in [-0.2, 0) is 20.0 Å². The second-order valence-electron chi connectivity index (χ2n) is 5.46. The SMILES string of the molecule is CN=C(NCCc1c[nH]c2ccc(F)cc12)NCc1nncn1C. The fourth-order valence-corrected chi connectivity index (χ4v) is 2.52. The van der Waals surface area contributed by atoms with E-state index in [9.17, 15) is 4.39 Å².